The zero-order valence-electron chi connectivity index (χ0n) is 11.1. The van der Waals surface area contributed by atoms with Gasteiger partial charge in [0.1, 0.15) is 6.04 Å². The van der Waals surface area contributed by atoms with E-state index >= 15 is 0 Å². The number of hydrogen-bond donors (Lipinski definition) is 2. The van der Waals surface area contributed by atoms with E-state index in [2.05, 4.69) is 15.6 Å². The average Bonchev–Trinajstić information content (AvgIpc) is 2.87. The van der Waals surface area contributed by atoms with Crippen molar-refractivity contribution >= 4 is 17.6 Å². The fourth-order valence-corrected chi connectivity index (χ4v) is 1.77. The van der Waals surface area contributed by atoms with Crippen LogP contribution in [0, 0.1) is 0 Å². The maximum Gasteiger partial charge on any atom is 0.328 e. The number of rotatable bonds is 4. The van der Waals surface area contributed by atoms with Gasteiger partial charge in [-0.3, -0.25) is 4.79 Å². The SMILES string of the molecule is CC(=O)Nc1ccc(-c2cnnn2C(C)C(=O)O)cc1. The molecule has 104 valence electrons. The first-order chi connectivity index (χ1) is 9.49. The van der Waals surface area contributed by atoms with E-state index < -0.39 is 12.0 Å². The Morgan fingerprint density at radius 1 is 1.30 bits per heavy atom. The monoisotopic (exact) mass is 274 g/mol. The molecule has 1 aromatic carbocycles. The molecular formula is C13H14N4O3. The average molecular weight is 274 g/mol. The molecule has 2 rings (SSSR count). The predicted molar refractivity (Wildman–Crippen MR) is 72.1 cm³/mol. The third kappa shape index (κ3) is 2.82. The van der Waals surface area contributed by atoms with E-state index in [9.17, 15) is 9.59 Å². The minimum absolute atomic E-state index is 0.149. The molecule has 0 bridgehead atoms. The number of carboxylic acid groups (broad SMARTS) is 1. The number of amides is 1. The Hall–Kier alpha value is -2.70. The fourth-order valence-electron chi connectivity index (χ4n) is 1.77. The van der Waals surface area contributed by atoms with Crippen molar-refractivity contribution in [3.8, 4) is 11.3 Å². The number of nitrogens with zero attached hydrogens (tertiary/aromatic N) is 3. The van der Waals surface area contributed by atoms with Gasteiger partial charge < -0.3 is 10.4 Å². The highest BCUT2D eigenvalue weighted by atomic mass is 16.4. The van der Waals surface area contributed by atoms with Gasteiger partial charge in [0, 0.05) is 18.2 Å². The number of hydrogen-bond acceptors (Lipinski definition) is 4. The number of carboxylic acids is 1. The van der Waals surface area contributed by atoms with Crippen molar-refractivity contribution in [3.63, 3.8) is 0 Å². The van der Waals surface area contributed by atoms with Crippen LogP contribution in [0.15, 0.2) is 30.5 Å². The highest BCUT2D eigenvalue weighted by Crippen LogP contribution is 2.23. The lowest BCUT2D eigenvalue weighted by atomic mass is 10.1. The van der Waals surface area contributed by atoms with Crippen LogP contribution >= 0.6 is 0 Å². The van der Waals surface area contributed by atoms with E-state index in [1.807, 2.05) is 0 Å². The Balaban J connectivity index is 2.31. The topological polar surface area (TPSA) is 97.1 Å². The Labute approximate surface area is 115 Å². The summed E-state index contributed by atoms with van der Waals surface area (Å²) >= 11 is 0. The van der Waals surface area contributed by atoms with Crippen LogP contribution in [0.5, 0.6) is 0 Å². The highest BCUT2D eigenvalue weighted by molar-refractivity contribution is 5.88. The Morgan fingerprint density at radius 2 is 1.95 bits per heavy atom. The van der Waals surface area contributed by atoms with Gasteiger partial charge in [-0.2, -0.15) is 0 Å². The molecule has 1 heterocycles. The molecule has 0 aliphatic rings. The van der Waals surface area contributed by atoms with Gasteiger partial charge in [0.05, 0.1) is 11.9 Å². The second-order valence-electron chi connectivity index (χ2n) is 4.34. The van der Waals surface area contributed by atoms with E-state index in [1.54, 1.807) is 24.3 Å². The summed E-state index contributed by atoms with van der Waals surface area (Å²) < 4.78 is 1.34. The Kier molecular flexibility index (Phi) is 3.79. The third-order valence-electron chi connectivity index (χ3n) is 2.80. The summed E-state index contributed by atoms with van der Waals surface area (Å²) in [7, 11) is 0. The van der Waals surface area contributed by atoms with E-state index in [0.717, 1.165) is 5.56 Å². The number of aromatic nitrogens is 3. The van der Waals surface area contributed by atoms with Gasteiger partial charge in [0.25, 0.3) is 0 Å². The van der Waals surface area contributed by atoms with E-state index in [1.165, 1.54) is 24.7 Å². The lowest BCUT2D eigenvalue weighted by molar-refractivity contribution is -0.140. The van der Waals surface area contributed by atoms with Crippen molar-refractivity contribution in [2.24, 2.45) is 0 Å². The molecule has 0 radical (unpaired) electrons. The van der Waals surface area contributed by atoms with E-state index in [-0.39, 0.29) is 5.91 Å². The second-order valence-corrected chi connectivity index (χ2v) is 4.34. The van der Waals surface area contributed by atoms with Crippen LogP contribution in [-0.2, 0) is 9.59 Å². The summed E-state index contributed by atoms with van der Waals surface area (Å²) in [5, 5.41) is 19.2. The van der Waals surface area contributed by atoms with Crippen molar-refractivity contribution in [1.29, 1.82) is 0 Å². The smallest absolute Gasteiger partial charge is 0.328 e. The maximum atomic E-state index is 11.0. The first-order valence-electron chi connectivity index (χ1n) is 6.00. The maximum absolute atomic E-state index is 11.0. The number of carbonyl (C=O) groups is 2. The van der Waals surface area contributed by atoms with E-state index in [0.29, 0.717) is 11.4 Å². The van der Waals surface area contributed by atoms with Crippen molar-refractivity contribution < 1.29 is 14.7 Å². The molecule has 7 heteroatoms. The van der Waals surface area contributed by atoms with Gasteiger partial charge in [-0.05, 0) is 19.1 Å². The first kappa shape index (κ1) is 13.7. The molecule has 1 amide bonds. The Morgan fingerprint density at radius 3 is 2.50 bits per heavy atom. The molecule has 7 nitrogen and oxygen atoms in total. The number of aliphatic carboxylic acids is 1. The van der Waals surface area contributed by atoms with Crippen molar-refractivity contribution in [3.05, 3.63) is 30.5 Å². The molecule has 0 saturated carbocycles. The van der Waals surface area contributed by atoms with Crippen LogP contribution in [0.4, 0.5) is 5.69 Å². The van der Waals surface area contributed by atoms with Crippen molar-refractivity contribution in [2.75, 3.05) is 5.32 Å². The van der Waals surface area contributed by atoms with Gasteiger partial charge in [0.2, 0.25) is 5.91 Å². The highest BCUT2D eigenvalue weighted by Gasteiger charge is 2.18. The van der Waals surface area contributed by atoms with Crippen LogP contribution in [-0.4, -0.2) is 32.0 Å². The molecule has 0 aliphatic carbocycles. The van der Waals surface area contributed by atoms with Crippen molar-refractivity contribution in [1.82, 2.24) is 15.0 Å². The van der Waals surface area contributed by atoms with Gasteiger partial charge in [-0.25, -0.2) is 9.48 Å². The standard InChI is InChI=1S/C13H14N4O3/c1-8(13(19)20)17-12(7-14-16-17)10-3-5-11(6-4-10)15-9(2)18/h3-8H,1-2H3,(H,15,18)(H,19,20). The minimum Gasteiger partial charge on any atom is -0.480 e. The summed E-state index contributed by atoms with van der Waals surface area (Å²) in [5.41, 5.74) is 2.05. The summed E-state index contributed by atoms with van der Waals surface area (Å²) in [6.45, 7) is 2.97. The summed E-state index contributed by atoms with van der Waals surface area (Å²) in [5.74, 6) is -1.13. The van der Waals surface area contributed by atoms with Gasteiger partial charge in [-0.1, -0.05) is 17.3 Å². The molecule has 20 heavy (non-hydrogen) atoms. The number of anilines is 1. The molecule has 2 N–H and O–H groups in total. The van der Waals surface area contributed by atoms with Crippen molar-refractivity contribution in [2.45, 2.75) is 19.9 Å². The minimum atomic E-state index is -0.980. The quantitative estimate of drug-likeness (QED) is 0.881. The molecule has 2 aromatic rings. The molecule has 1 aromatic heterocycles. The fraction of sp³-hybridized carbons (Fsp3) is 0.231. The summed E-state index contributed by atoms with van der Waals surface area (Å²) in [4.78, 5) is 22.0. The van der Waals surface area contributed by atoms with Crippen LogP contribution in [0.1, 0.15) is 19.9 Å². The van der Waals surface area contributed by atoms with Crippen LogP contribution < -0.4 is 5.32 Å². The molecule has 0 aliphatic heterocycles. The number of nitrogens with one attached hydrogen (secondary N) is 1. The summed E-state index contributed by atoms with van der Waals surface area (Å²) in [6, 6.07) is 6.21. The zero-order valence-corrected chi connectivity index (χ0v) is 11.1. The normalized spacial score (nSPS) is 11.9. The first-order valence-corrected chi connectivity index (χ1v) is 6.00. The van der Waals surface area contributed by atoms with Gasteiger partial charge in [-0.15, -0.1) is 5.10 Å². The largest absolute Gasteiger partial charge is 0.480 e. The molecule has 0 spiro atoms. The predicted octanol–water partition coefficient (Wildman–Crippen LogP) is 1.55. The zero-order chi connectivity index (χ0) is 14.7. The molecule has 1 unspecified atom stereocenters. The lowest BCUT2D eigenvalue weighted by Gasteiger charge is -2.10. The van der Waals surface area contributed by atoms with E-state index in [4.69, 9.17) is 5.11 Å². The van der Waals surface area contributed by atoms with Crippen LogP contribution in [0.2, 0.25) is 0 Å². The van der Waals surface area contributed by atoms with Gasteiger partial charge in [0.15, 0.2) is 0 Å². The molecular weight excluding hydrogens is 260 g/mol. The molecule has 1 atom stereocenters. The summed E-state index contributed by atoms with van der Waals surface area (Å²) in [6.07, 6.45) is 1.51. The van der Waals surface area contributed by atoms with Crippen LogP contribution in [0.3, 0.4) is 0 Å². The molecule has 0 saturated heterocycles. The lowest BCUT2D eigenvalue weighted by Crippen LogP contribution is -2.17. The number of carbonyl (C=O) groups excluding carboxylic acids is 1. The van der Waals surface area contributed by atoms with Gasteiger partial charge >= 0.3 is 5.97 Å². The molecule has 0 fully saturated rings. The third-order valence-corrected chi connectivity index (χ3v) is 2.80. The second kappa shape index (κ2) is 5.52. The van der Waals surface area contributed by atoms with Crippen LogP contribution in [0.25, 0.3) is 11.3 Å². The Bertz CT molecular complexity index is 633. The number of benzene rings is 1.